The third-order valence-electron chi connectivity index (χ3n) is 25.1. The van der Waals surface area contributed by atoms with Crippen molar-refractivity contribution in [3.63, 3.8) is 0 Å². The first-order chi connectivity index (χ1) is 60.9. The molecule has 0 atom stereocenters. The molecule has 22 aromatic carbocycles. The van der Waals surface area contributed by atoms with Crippen LogP contribution in [0.4, 0.5) is 0 Å². The lowest BCUT2D eigenvalue weighted by Gasteiger charge is -2.20. The third-order valence-corrected chi connectivity index (χ3v) is 25.1. The Balaban J connectivity index is 0.000000110. The van der Waals surface area contributed by atoms with Crippen molar-refractivity contribution in [3.8, 4) is 111 Å². The van der Waals surface area contributed by atoms with Crippen LogP contribution in [-0.4, -0.2) is 0 Å². The number of hydrogen-bond donors (Lipinski definition) is 0. The van der Waals surface area contributed by atoms with Gasteiger partial charge in [-0.1, -0.05) is 441 Å². The highest BCUT2D eigenvalue weighted by Crippen LogP contribution is 2.51. The lowest BCUT2D eigenvalue weighted by molar-refractivity contribution is 1.36. The fourth-order valence-corrected chi connectivity index (χ4v) is 18.9. The van der Waals surface area contributed by atoms with Crippen LogP contribution >= 0.6 is 0 Å². The standard InChI is InChI=1S/C39H28.C31H28.2C27H20/c1-27-22-23-36-37(24-27)39(33-19-11-17-31(26-33)29-14-6-3-7-15-29)35-21-9-8-20-34(35)38(36)32-18-10-16-30(25-32)28-12-4-2-5-13-28;1-19-11-13-25(14-12-19)31-28-17-22(4)20(2)15-26(28)30(24-9-7-6-8-10-24)27-16-21(3)23(5)18-29(27)31;1-19-11-10-18-24-25(19)27(21-14-6-3-7-15-21)23-17-9-8-16-22(23)26(24)20-12-4-2-5-13-20;1-19-16-17-24-25(18-19)27(21-12-6-3-7-13-21)23-15-9-8-14-22(23)26(24)20-10-4-2-5-11-20/h2-26H,1H3;6-18H,1-5H3;2*2-18H,1H3. The first kappa shape index (κ1) is 78.8. The molecule has 0 saturated heterocycles. The van der Waals surface area contributed by atoms with Crippen LogP contribution in [-0.2, 0) is 0 Å². The number of aryl methyl sites for hydroxylation is 8. The molecule has 0 unspecified atom stereocenters. The van der Waals surface area contributed by atoms with Gasteiger partial charge in [-0.2, -0.15) is 0 Å². The van der Waals surface area contributed by atoms with Crippen molar-refractivity contribution in [2.45, 2.75) is 55.4 Å². The van der Waals surface area contributed by atoms with Crippen LogP contribution in [0.5, 0.6) is 0 Å². The van der Waals surface area contributed by atoms with Gasteiger partial charge in [0.1, 0.15) is 0 Å². The third kappa shape index (κ3) is 15.3. The maximum Gasteiger partial charge on any atom is -0.00237 e. The van der Waals surface area contributed by atoms with Crippen molar-refractivity contribution >= 4 is 86.2 Å². The van der Waals surface area contributed by atoms with E-state index in [0.29, 0.717) is 0 Å². The Morgan fingerprint density at radius 3 is 0.661 bits per heavy atom. The molecule has 0 bridgehead atoms. The van der Waals surface area contributed by atoms with Crippen molar-refractivity contribution in [1.82, 2.24) is 0 Å². The summed E-state index contributed by atoms with van der Waals surface area (Å²) >= 11 is 0. The van der Waals surface area contributed by atoms with E-state index < -0.39 is 0 Å². The largest absolute Gasteiger partial charge is 0.0622 e. The summed E-state index contributed by atoms with van der Waals surface area (Å²) in [5, 5.41) is 21.0. The summed E-state index contributed by atoms with van der Waals surface area (Å²) in [6, 6.07) is 159. The highest BCUT2D eigenvalue weighted by Gasteiger charge is 2.24. The van der Waals surface area contributed by atoms with Gasteiger partial charge in [0.15, 0.2) is 0 Å². The quantitative estimate of drug-likeness (QED) is 0.120. The maximum absolute atomic E-state index is 2.39. The summed E-state index contributed by atoms with van der Waals surface area (Å²) in [5.74, 6) is 0. The lowest BCUT2D eigenvalue weighted by Crippen LogP contribution is -1.95. The molecule has 0 nitrogen and oxygen atoms in total. The molecule has 0 aromatic heterocycles. The molecule has 0 aliphatic carbocycles. The van der Waals surface area contributed by atoms with Gasteiger partial charge < -0.3 is 0 Å². The zero-order valence-corrected chi connectivity index (χ0v) is 71.6. The molecule has 0 radical (unpaired) electrons. The second kappa shape index (κ2) is 34.6. The van der Waals surface area contributed by atoms with E-state index in [1.165, 1.54) is 242 Å². The number of benzene rings is 22. The van der Waals surface area contributed by atoms with Gasteiger partial charge in [-0.15, -0.1) is 0 Å². The Bertz CT molecular complexity index is 7590. The minimum Gasteiger partial charge on any atom is -0.0622 e. The van der Waals surface area contributed by atoms with E-state index in [1.807, 2.05) is 0 Å². The molecule has 124 heavy (non-hydrogen) atoms. The minimum atomic E-state index is 1.23. The van der Waals surface area contributed by atoms with Crippen molar-refractivity contribution in [2.75, 3.05) is 0 Å². The van der Waals surface area contributed by atoms with Gasteiger partial charge >= 0.3 is 0 Å². The highest BCUT2D eigenvalue weighted by molar-refractivity contribution is 6.26. The summed E-state index contributed by atoms with van der Waals surface area (Å²) in [6.07, 6.45) is 0. The van der Waals surface area contributed by atoms with Gasteiger partial charge in [0.05, 0.1) is 0 Å². The van der Waals surface area contributed by atoms with E-state index in [-0.39, 0.29) is 0 Å². The van der Waals surface area contributed by atoms with Crippen molar-refractivity contribution in [2.24, 2.45) is 0 Å². The zero-order valence-electron chi connectivity index (χ0n) is 71.6. The summed E-state index contributed by atoms with van der Waals surface area (Å²) in [4.78, 5) is 0. The molecular formula is C124H96. The Labute approximate surface area is 729 Å². The summed E-state index contributed by atoms with van der Waals surface area (Å²) in [6.45, 7) is 17.6. The van der Waals surface area contributed by atoms with Gasteiger partial charge in [-0.05, 0) is 293 Å². The summed E-state index contributed by atoms with van der Waals surface area (Å²) < 4.78 is 0. The second-order valence-electron chi connectivity index (χ2n) is 33.3. The molecule has 0 N–H and O–H groups in total. The number of hydrogen-bond acceptors (Lipinski definition) is 0. The first-order valence-electron chi connectivity index (χ1n) is 43.4. The zero-order chi connectivity index (χ0) is 84.3. The van der Waals surface area contributed by atoms with Crippen LogP contribution in [0.25, 0.3) is 197 Å². The molecule has 0 heteroatoms. The van der Waals surface area contributed by atoms with Crippen LogP contribution in [0.15, 0.2) is 437 Å². The highest BCUT2D eigenvalue weighted by atomic mass is 14.3. The van der Waals surface area contributed by atoms with Crippen molar-refractivity contribution in [3.05, 3.63) is 481 Å². The van der Waals surface area contributed by atoms with Gasteiger partial charge in [0, 0.05) is 0 Å². The molecule has 22 rings (SSSR count). The van der Waals surface area contributed by atoms with E-state index in [2.05, 4.69) is 492 Å². The van der Waals surface area contributed by atoms with Crippen LogP contribution in [0.2, 0.25) is 0 Å². The Morgan fingerprint density at radius 2 is 0.315 bits per heavy atom. The maximum atomic E-state index is 2.39. The molecule has 0 saturated carbocycles. The van der Waals surface area contributed by atoms with Gasteiger partial charge in [-0.25, -0.2) is 0 Å². The van der Waals surface area contributed by atoms with Crippen LogP contribution in [0.1, 0.15) is 44.5 Å². The van der Waals surface area contributed by atoms with E-state index in [0.717, 1.165) is 0 Å². The van der Waals surface area contributed by atoms with Gasteiger partial charge in [0.25, 0.3) is 0 Å². The summed E-state index contributed by atoms with van der Waals surface area (Å²) in [7, 11) is 0. The van der Waals surface area contributed by atoms with Gasteiger partial charge in [0.2, 0.25) is 0 Å². The van der Waals surface area contributed by atoms with E-state index in [1.54, 1.807) is 0 Å². The molecule has 0 fully saturated rings. The Morgan fingerprint density at radius 1 is 0.105 bits per heavy atom. The molecule has 0 heterocycles. The molecule has 0 aliphatic rings. The summed E-state index contributed by atoms with van der Waals surface area (Å²) in [5.41, 5.74) is 36.1. The van der Waals surface area contributed by atoms with Crippen LogP contribution in [0.3, 0.4) is 0 Å². The van der Waals surface area contributed by atoms with E-state index in [9.17, 15) is 0 Å². The van der Waals surface area contributed by atoms with Crippen LogP contribution in [0, 0.1) is 55.4 Å². The van der Waals surface area contributed by atoms with E-state index in [4.69, 9.17) is 0 Å². The predicted octanol–water partition coefficient (Wildman–Crippen LogP) is 35.1. The first-order valence-corrected chi connectivity index (χ1v) is 43.4. The normalized spacial score (nSPS) is 11.2. The molecule has 0 aliphatic heterocycles. The van der Waals surface area contributed by atoms with Gasteiger partial charge in [-0.3, -0.25) is 0 Å². The fraction of sp³-hybridized carbons (Fsp3) is 0.0645. The Kier molecular flexibility index (Phi) is 22.0. The van der Waals surface area contributed by atoms with Crippen LogP contribution < -0.4 is 0 Å². The molecule has 592 valence electrons. The molecule has 0 amide bonds. The average molecular weight is 1590 g/mol. The number of fused-ring (bicyclic) bond motifs is 8. The fourth-order valence-electron chi connectivity index (χ4n) is 18.9. The predicted molar refractivity (Wildman–Crippen MR) is 538 cm³/mol. The monoisotopic (exact) mass is 1580 g/mol. The SMILES string of the molecule is Cc1ccc(-c2c3cc(C)c(C)cc3c(-c3ccccc3)c3cc(C)c(C)cc23)cc1.Cc1ccc2c(-c3cccc(-c4ccccc4)c3)c3ccccc3c(-c3cccc(-c4ccccc4)c3)c2c1.Cc1ccc2c(-c3ccccc3)c3ccccc3c(-c3ccccc3)c2c1.Cc1cccc2c(-c3ccccc3)c3ccccc3c(-c3ccccc3)c12. The smallest absolute Gasteiger partial charge is 0.00237 e. The number of rotatable bonds is 10. The van der Waals surface area contributed by atoms with Crippen molar-refractivity contribution in [1.29, 1.82) is 0 Å². The molecule has 22 aromatic rings. The average Bonchev–Trinajstić information content (AvgIpc) is 0.723. The Hall–Kier alpha value is -15.1. The minimum absolute atomic E-state index is 1.23. The topological polar surface area (TPSA) is 0 Å². The second-order valence-corrected chi connectivity index (χ2v) is 33.3. The lowest BCUT2D eigenvalue weighted by atomic mass is 9.83. The van der Waals surface area contributed by atoms with Crippen molar-refractivity contribution < 1.29 is 0 Å². The molecule has 0 spiro atoms. The van der Waals surface area contributed by atoms with E-state index >= 15 is 0 Å². The molecular weight excluding hydrogens is 1490 g/mol.